The second-order valence-corrected chi connectivity index (χ2v) is 16.0. The third kappa shape index (κ3) is 9.39. The molecular weight excluding hydrogens is 716 g/mol. The number of hydrogen-bond acceptors (Lipinski definition) is 9. The number of piperidine rings is 3. The van der Waals surface area contributed by atoms with Crippen LogP contribution in [0, 0.1) is 18.8 Å². The van der Waals surface area contributed by atoms with E-state index < -0.39 is 18.0 Å². The predicted molar refractivity (Wildman–Crippen MR) is 210 cm³/mol. The van der Waals surface area contributed by atoms with Gasteiger partial charge in [0, 0.05) is 50.9 Å². The van der Waals surface area contributed by atoms with Crippen LogP contribution in [-0.4, -0.2) is 120 Å². The molecule has 3 fully saturated rings. The Labute approximate surface area is 327 Å². The molecular formula is C42H56N6O8. The first kappa shape index (κ1) is 39.4. The predicted octanol–water partition coefficient (Wildman–Crippen LogP) is 5.33. The number of amides is 4. The highest BCUT2D eigenvalue weighted by molar-refractivity contribution is 5.91. The average molecular weight is 773 g/mol. The molecule has 2 N–H and O–H groups in total. The molecule has 0 aliphatic carbocycles. The molecule has 1 aromatic heterocycles. The zero-order valence-electron chi connectivity index (χ0n) is 32.8. The van der Waals surface area contributed by atoms with E-state index in [1.807, 2.05) is 47.1 Å². The molecule has 14 heteroatoms. The molecule has 302 valence electrons. The lowest BCUT2D eigenvalue weighted by atomic mass is 9.78. The van der Waals surface area contributed by atoms with Gasteiger partial charge in [-0.1, -0.05) is 37.6 Å². The van der Waals surface area contributed by atoms with Crippen molar-refractivity contribution < 1.29 is 33.1 Å². The summed E-state index contributed by atoms with van der Waals surface area (Å²) in [6, 6.07) is 11.3. The minimum Gasteiger partial charge on any atom is -0.465 e. The number of ether oxygens (including phenoxy) is 2. The summed E-state index contributed by atoms with van der Waals surface area (Å²) in [5.74, 6) is 0.102. The lowest BCUT2D eigenvalue weighted by Gasteiger charge is -2.41. The van der Waals surface area contributed by atoms with E-state index >= 15 is 0 Å². The van der Waals surface area contributed by atoms with E-state index in [0.29, 0.717) is 81.7 Å². The molecule has 5 heterocycles. The number of rotatable bonds is 11. The third-order valence-corrected chi connectivity index (χ3v) is 12.3. The summed E-state index contributed by atoms with van der Waals surface area (Å²) in [6.07, 6.45) is 6.17. The second-order valence-electron chi connectivity index (χ2n) is 16.0. The molecule has 2 aromatic carbocycles. The Kier molecular flexibility index (Phi) is 12.6. The number of urea groups is 1. The lowest BCUT2D eigenvalue weighted by Crippen LogP contribution is -2.52. The highest BCUT2D eigenvalue weighted by Gasteiger charge is 2.37. The average Bonchev–Trinajstić information content (AvgIpc) is 3.50. The smallest absolute Gasteiger partial charge is 0.417 e. The first-order valence-electron chi connectivity index (χ1n) is 20.5. The molecule has 4 amide bonds. The number of esters is 1. The van der Waals surface area contributed by atoms with Gasteiger partial charge in [0.25, 0.3) is 5.91 Å². The van der Waals surface area contributed by atoms with Crippen LogP contribution in [0.2, 0.25) is 0 Å². The van der Waals surface area contributed by atoms with Gasteiger partial charge in [-0.25, -0.2) is 14.4 Å². The SMILES string of the molecule is CCCCOC(=O)CN1CCC(C2CCN(C(=O)[C@@H](Cc3cc(C)c4[nH]c(=O)oc4c3)OC(=O)N3CCC(N4CCc5ccccc5NC4=O)CC3)CC2)CC1. The summed E-state index contributed by atoms with van der Waals surface area (Å²) >= 11 is 0. The number of carbonyl (C=O) groups excluding carboxylic acids is 4. The summed E-state index contributed by atoms with van der Waals surface area (Å²) in [6.45, 7) is 9.08. The van der Waals surface area contributed by atoms with Crippen molar-refractivity contribution in [1.82, 2.24) is 24.6 Å². The van der Waals surface area contributed by atoms with Crippen LogP contribution in [0.3, 0.4) is 0 Å². The number of benzene rings is 2. The van der Waals surface area contributed by atoms with Gasteiger partial charge in [0.05, 0.1) is 18.7 Å². The molecule has 0 unspecified atom stereocenters. The number of nitrogens with one attached hydrogen (secondary N) is 2. The number of H-pyrrole nitrogens is 1. The highest BCUT2D eigenvalue weighted by Crippen LogP contribution is 2.33. The number of fused-ring (bicyclic) bond motifs is 2. The Balaban J connectivity index is 0.954. The van der Waals surface area contributed by atoms with Gasteiger partial charge in [-0.2, -0.15) is 0 Å². The molecule has 4 aliphatic rings. The van der Waals surface area contributed by atoms with Crippen molar-refractivity contribution in [2.75, 3.05) is 64.3 Å². The van der Waals surface area contributed by atoms with Crippen LogP contribution >= 0.6 is 0 Å². The zero-order valence-corrected chi connectivity index (χ0v) is 32.8. The van der Waals surface area contributed by atoms with Crippen LogP contribution in [0.1, 0.15) is 75.0 Å². The first-order chi connectivity index (χ1) is 27.1. The zero-order chi connectivity index (χ0) is 39.2. The van der Waals surface area contributed by atoms with E-state index in [9.17, 15) is 24.0 Å². The van der Waals surface area contributed by atoms with Crippen LogP contribution in [0.25, 0.3) is 11.1 Å². The molecule has 7 rings (SSSR count). The van der Waals surface area contributed by atoms with Crippen molar-refractivity contribution in [3.05, 3.63) is 63.6 Å². The number of aromatic amines is 1. The maximum atomic E-state index is 14.3. The van der Waals surface area contributed by atoms with Gasteiger partial charge >= 0.3 is 23.8 Å². The fourth-order valence-electron chi connectivity index (χ4n) is 9.04. The van der Waals surface area contributed by atoms with Crippen molar-refractivity contribution in [3.63, 3.8) is 0 Å². The van der Waals surface area contributed by atoms with Crippen molar-refractivity contribution in [3.8, 4) is 0 Å². The summed E-state index contributed by atoms with van der Waals surface area (Å²) in [5.41, 5.74) is 4.47. The van der Waals surface area contributed by atoms with Gasteiger partial charge in [0.2, 0.25) is 0 Å². The first-order valence-corrected chi connectivity index (χ1v) is 20.5. The van der Waals surface area contributed by atoms with E-state index in [0.717, 1.165) is 80.4 Å². The van der Waals surface area contributed by atoms with Crippen molar-refractivity contribution in [2.24, 2.45) is 11.8 Å². The number of oxazole rings is 1. The number of para-hydroxylation sites is 1. The summed E-state index contributed by atoms with van der Waals surface area (Å²) in [5, 5.41) is 3.05. The Hall–Kier alpha value is -4.85. The van der Waals surface area contributed by atoms with E-state index in [2.05, 4.69) is 22.1 Å². The number of anilines is 1. The number of aromatic nitrogens is 1. The molecule has 3 saturated heterocycles. The number of aryl methyl sites for hydroxylation is 1. The summed E-state index contributed by atoms with van der Waals surface area (Å²) < 4.78 is 16.8. The van der Waals surface area contributed by atoms with E-state index in [1.165, 1.54) is 0 Å². The molecule has 14 nitrogen and oxygen atoms in total. The fourth-order valence-corrected chi connectivity index (χ4v) is 9.04. The van der Waals surface area contributed by atoms with Crippen molar-refractivity contribution >= 4 is 40.8 Å². The molecule has 3 aromatic rings. The highest BCUT2D eigenvalue weighted by atomic mass is 16.6. The number of hydrogen-bond donors (Lipinski definition) is 2. The minimum atomic E-state index is -1.06. The number of carbonyl (C=O) groups is 4. The van der Waals surface area contributed by atoms with Gasteiger partial charge in [0.15, 0.2) is 11.7 Å². The van der Waals surface area contributed by atoms with Gasteiger partial charge in [-0.3, -0.25) is 19.5 Å². The van der Waals surface area contributed by atoms with E-state index in [1.54, 1.807) is 11.0 Å². The number of unbranched alkanes of at least 4 members (excludes halogenated alkanes) is 1. The number of likely N-dealkylation sites (tertiary alicyclic amines) is 3. The molecule has 1 atom stereocenters. The van der Waals surface area contributed by atoms with Gasteiger partial charge in [-0.05, 0) is 112 Å². The van der Waals surface area contributed by atoms with E-state index in [4.69, 9.17) is 13.9 Å². The Bertz CT molecular complexity index is 1920. The normalized spacial score (nSPS) is 19.7. The van der Waals surface area contributed by atoms with Crippen LogP contribution in [0.15, 0.2) is 45.6 Å². The Morgan fingerprint density at radius 2 is 1.59 bits per heavy atom. The largest absolute Gasteiger partial charge is 0.465 e. The quantitative estimate of drug-likeness (QED) is 0.194. The van der Waals surface area contributed by atoms with Crippen LogP contribution < -0.4 is 11.1 Å². The Morgan fingerprint density at radius 3 is 2.32 bits per heavy atom. The maximum Gasteiger partial charge on any atom is 0.417 e. The van der Waals surface area contributed by atoms with E-state index in [-0.39, 0.29) is 30.4 Å². The van der Waals surface area contributed by atoms with Gasteiger partial charge in [-0.15, -0.1) is 0 Å². The molecule has 0 radical (unpaired) electrons. The van der Waals surface area contributed by atoms with Gasteiger partial charge in [0.1, 0.15) is 0 Å². The molecule has 0 spiro atoms. The summed E-state index contributed by atoms with van der Waals surface area (Å²) in [4.78, 5) is 75.6. The standard InChI is InChI=1S/C42H56N6O8/c1-3-4-23-54-37(49)27-45-16-9-30(10-17-45)31-11-18-46(19-12-31)39(50)36(26-29-24-28(2)38-35(25-29)55-41(52)44-38)56-42(53)47-20-14-33(15-21-47)48-22-13-32-7-5-6-8-34(32)43-40(48)51/h5-8,24-25,30-31,33,36H,3-4,9-23,26-27H2,1-2H3,(H,43,51)(H,44,52)/t36-/m1/s1. The lowest BCUT2D eigenvalue weighted by molar-refractivity contribution is -0.145. The summed E-state index contributed by atoms with van der Waals surface area (Å²) in [7, 11) is 0. The third-order valence-electron chi connectivity index (χ3n) is 12.3. The minimum absolute atomic E-state index is 0.0166. The van der Waals surface area contributed by atoms with Crippen molar-refractivity contribution in [1.29, 1.82) is 0 Å². The van der Waals surface area contributed by atoms with Gasteiger partial charge < -0.3 is 33.9 Å². The van der Waals surface area contributed by atoms with Crippen LogP contribution in [0.5, 0.6) is 0 Å². The topological polar surface area (TPSA) is 158 Å². The molecule has 56 heavy (non-hydrogen) atoms. The van der Waals surface area contributed by atoms with Crippen LogP contribution in [-0.2, 0) is 31.9 Å². The fraction of sp³-hybridized carbons (Fsp3) is 0.595. The maximum absolute atomic E-state index is 14.3. The molecule has 0 bridgehead atoms. The number of nitrogens with zero attached hydrogens (tertiary/aromatic N) is 4. The Morgan fingerprint density at radius 1 is 0.893 bits per heavy atom. The van der Waals surface area contributed by atoms with Crippen molar-refractivity contribution in [2.45, 2.75) is 90.2 Å². The monoisotopic (exact) mass is 772 g/mol. The second kappa shape index (κ2) is 18.0. The molecule has 0 saturated carbocycles. The van der Waals surface area contributed by atoms with Crippen LogP contribution in [0.4, 0.5) is 15.3 Å². The molecule has 4 aliphatic heterocycles.